The molecule has 5 nitrogen and oxygen atoms in total. The van der Waals surface area contributed by atoms with E-state index in [4.69, 9.17) is 4.42 Å². The molecule has 2 amide bonds. The van der Waals surface area contributed by atoms with Crippen molar-refractivity contribution in [3.8, 4) is 0 Å². The largest absolute Gasteiger partial charge is 0.466 e. The van der Waals surface area contributed by atoms with E-state index in [-0.39, 0.29) is 11.8 Å². The lowest BCUT2D eigenvalue weighted by Gasteiger charge is -2.14. The van der Waals surface area contributed by atoms with Crippen molar-refractivity contribution in [3.05, 3.63) is 23.2 Å². The monoisotopic (exact) mass is 250 g/mol. The molecule has 2 N–H and O–H groups in total. The van der Waals surface area contributed by atoms with E-state index in [1.54, 1.807) is 19.9 Å². The molecule has 0 spiro atoms. The van der Waals surface area contributed by atoms with Gasteiger partial charge in [-0.3, -0.25) is 9.59 Å². The molecule has 0 bridgehead atoms. The van der Waals surface area contributed by atoms with Crippen LogP contribution in [0.3, 0.4) is 0 Å². The van der Waals surface area contributed by atoms with Gasteiger partial charge in [-0.15, -0.1) is 0 Å². The van der Waals surface area contributed by atoms with Crippen LogP contribution in [0, 0.1) is 13.8 Å². The van der Waals surface area contributed by atoms with E-state index in [1.807, 2.05) is 0 Å². The van der Waals surface area contributed by atoms with Crippen molar-refractivity contribution < 1.29 is 14.0 Å². The second-order valence-corrected chi connectivity index (χ2v) is 4.64. The molecule has 1 aromatic heterocycles. The fraction of sp³-hybridized carbons (Fsp3) is 0.538. The van der Waals surface area contributed by atoms with Crippen molar-refractivity contribution in [2.45, 2.75) is 39.2 Å². The Labute approximate surface area is 106 Å². The number of rotatable bonds is 2. The topological polar surface area (TPSA) is 71.3 Å². The van der Waals surface area contributed by atoms with Crippen molar-refractivity contribution in [1.29, 1.82) is 0 Å². The van der Waals surface area contributed by atoms with Crippen molar-refractivity contribution in [2.75, 3.05) is 6.54 Å². The van der Waals surface area contributed by atoms with Crippen LogP contribution < -0.4 is 10.6 Å². The second kappa shape index (κ2) is 5.25. The number of furan rings is 1. The fourth-order valence-corrected chi connectivity index (χ4v) is 2.17. The van der Waals surface area contributed by atoms with Crippen LogP contribution in [0.15, 0.2) is 10.5 Å². The van der Waals surface area contributed by atoms with E-state index in [0.29, 0.717) is 30.0 Å². The molecular formula is C13H18N2O3. The standard InChI is InChI=1S/C13H18N2O3/c1-8-7-10(9(2)18-8)12(16)15-11-5-3-4-6-14-13(11)17/h7,11H,3-6H2,1-2H3,(H,14,17)(H,15,16)/t11-/m0/s1. The van der Waals surface area contributed by atoms with Crippen molar-refractivity contribution in [3.63, 3.8) is 0 Å². The lowest BCUT2D eigenvalue weighted by Crippen LogP contribution is -2.45. The predicted octanol–water partition coefficient (Wildman–Crippen LogP) is 1.29. The van der Waals surface area contributed by atoms with Gasteiger partial charge in [-0.25, -0.2) is 0 Å². The van der Waals surface area contributed by atoms with E-state index in [1.165, 1.54) is 0 Å². The number of carbonyl (C=O) groups excluding carboxylic acids is 2. The lowest BCUT2D eigenvalue weighted by molar-refractivity contribution is -0.122. The molecule has 2 rings (SSSR count). The highest BCUT2D eigenvalue weighted by Crippen LogP contribution is 2.14. The van der Waals surface area contributed by atoms with Gasteiger partial charge >= 0.3 is 0 Å². The summed E-state index contributed by atoms with van der Waals surface area (Å²) in [4.78, 5) is 23.8. The molecule has 5 heteroatoms. The average molecular weight is 250 g/mol. The molecule has 2 heterocycles. The summed E-state index contributed by atoms with van der Waals surface area (Å²) in [6, 6.07) is 1.26. The van der Waals surface area contributed by atoms with Gasteiger partial charge in [0.15, 0.2) is 0 Å². The Bertz CT molecular complexity index is 465. The van der Waals surface area contributed by atoms with Gasteiger partial charge in [0, 0.05) is 6.54 Å². The molecule has 1 aromatic rings. The van der Waals surface area contributed by atoms with E-state index < -0.39 is 6.04 Å². The van der Waals surface area contributed by atoms with Gasteiger partial charge in [0.2, 0.25) is 5.91 Å². The molecule has 0 radical (unpaired) electrons. The second-order valence-electron chi connectivity index (χ2n) is 4.64. The minimum atomic E-state index is -0.436. The summed E-state index contributed by atoms with van der Waals surface area (Å²) in [5, 5.41) is 5.56. The van der Waals surface area contributed by atoms with Gasteiger partial charge in [0.1, 0.15) is 17.6 Å². The Hall–Kier alpha value is -1.78. The zero-order valence-electron chi connectivity index (χ0n) is 10.7. The quantitative estimate of drug-likeness (QED) is 0.831. The van der Waals surface area contributed by atoms with E-state index >= 15 is 0 Å². The minimum absolute atomic E-state index is 0.0984. The summed E-state index contributed by atoms with van der Waals surface area (Å²) in [5.74, 6) is 0.937. The summed E-state index contributed by atoms with van der Waals surface area (Å²) in [6.07, 6.45) is 2.59. The highest BCUT2D eigenvalue weighted by atomic mass is 16.3. The highest BCUT2D eigenvalue weighted by molar-refractivity contribution is 5.98. The van der Waals surface area contributed by atoms with Crippen LogP contribution in [0.25, 0.3) is 0 Å². The number of hydrogen-bond acceptors (Lipinski definition) is 3. The summed E-state index contributed by atoms with van der Waals surface area (Å²) >= 11 is 0. The molecule has 98 valence electrons. The zero-order chi connectivity index (χ0) is 13.1. The number of carbonyl (C=O) groups is 2. The van der Waals surface area contributed by atoms with Crippen LogP contribution in [0.4, 0.5) is 0 Å². The maximum atomic E-state index is 12.1. The van der Waals surface area contributed by atoms with Gasteiger partial charge in [-0.1, -0.05) is 0 Å². The van der Waals surface area contributed by atoms with Crippen molar-refractivity contribution in [1.82, 2.24) is 10.6 Å². The van der Waals surface area contributed by atoms with Crippen molar-refractivity contribution >= 4 is 11.8 Å². The van der Waals surface area contributed by atoms with Crippen LogP contribution in [-0.2, 0) is 4.79 Å². The minimum Gasteiger partial charge on any atom is -0.466 e. The maximum Gasteiger partial charge on any atom is 0.255 e. The molecule has 0 unspecified atom stereocenters. The Morgan fingerprint density at radius 3 is 2.89 bits per heavy atom. The van der Waals surface area contributed by atoms with Crippen molar-refractivity contribution in [2.24, 2.45) is 0 Å². The number of aryl methyl sites for hydroxylation is 2. The number of nitrogens with one attached hydrogen (secondary N) is 2. The summed E-state index contributed by atoms with van der Waals surface area (Å²) < 4.78 is 5.31. The number of hydrogen-bond donors (Lipinski definition) is 2. The fourth-order valence-electron chi connectivity index (χ4n) is 2.17. The molecule has 1 atom stereocenters. The van der Waals surface area contributed by atoms with Crippen LogP contribution in [0.5, 0.6) is 0 Å². The zero-order valence-corrected chi connectivity index (χ0v) is 10.7. The van der Waals surface area contributed by atoms with Gasteiger partial charge in [0.05, 0.1) is 5.56 Å². The van der Waals surface area contributed by atoms with E-state index in [2.05, 4.69) is 10.6 Å². The van der Waals surface area contributed by atoms with Crippen LogP contribution >= 0.6 is 0 Å². The van der Waals surface area contributed by atoms with Gasteiger partial charge < -0.3 is 15.1 Å². The third kappa shape index (κ3) is 2.72. The first-order chi connectivity index (χ1) is 8.58. The smallest absolute Gasteiger partial charge is 0.255 e. The third-order valence-electron chi connectivity index (χ3n) is 3.13. The molecule has 1 aliphatic heterocycles. The summed E-state index contributed by atoms with van der Waals surface area (Å²) in [5.41, 5.74) is 0.504. The normalized spacial score (nSPS) is 20.1. The van der Waals surface area contributed by atoms with Crippen LogP contribution in [0.2, 0.25) is 0 Å². The number of amides is 2. The van der Waals surface area contributed by atoms with Crippen LogP contribution in [0.1, 0.15) is 41.1 Å². The third-order valence-corrected chi connectivity index (χ3v) is 3.13. The highest BCUT2D eigenvalue weighted by Gasteiger charge is 2.24. The molecule has 1 fully saturated rings. The lowest BCUT2D eigenvalue weighted by atomic mass is 10.1. The summed E-state index contributed by atoms with van der Waals surface area (Å²) in [7, 11) is 0. The van der Waals surface area contributed by atoms with Gasteiger partial charge in [0.25, 0.3) is 5.91 Å². The molecule has 1 aliphatic rings. The summed E-state index contributed by atoms with van der Waals surface area (Å²) in [6.45, 7) is 4.23. The Kier molecular flexibility index (Phi) is 3.69. The SMILES string of the molecule is Cc1cc(C(=O)N[C@H]2CCCCNC2=O)c(C)o1. The first-order valence-electron chi connectivity index (χ1n) is 6.23. The molecule has 0 aliphatic carbocycles. The van der Waals surface area contributed by atoms with Gasteiger partial charge in [-0.05, 0) is 39.2 Å². The first kappa shape index (κ1) is 12.7. The molecule has 1 saturated heterocycles. The molecule has 18 heavy (non-hydrogen) atoms. The molecular weight excluding hydrogens is 232 g/mol. The maximum absolute atomic E-state index is 12.1. The van der Waals surface area contributed by atoms with Gasteiger partial charge in [-0.2, -0.15) is 0 Å². The molecule has 0 saturated carbocycles. The molecule has 0 aromatic carbocycles. The predicted molar refractivity (Wildman–Crippen MR) is 66.3 cm³/mol. The average Bonchev–Trinajstić information content (AvgIpc) is 2.52. The Morgan fingerprint density at radius 2 is 2.22 bits per heavy atom. The first-order valence-corrected chi connectivity index (χ1v) is 6.23. The Morgan fingerprint density at radius 1 is 1.44 bits per heavy atom. The van der Waals surface area contributed by atoms with E-state index in [9.17, 15) is 9.59 Å². The van der Waals surface area contributed by atoms with E-state index in [0.717, 1.165) is 12.8 Å². The Balaban J connectivity index is 2.06. The van der Waals surface area contributed by atoms with Crippen LogP contribution in [-0.4, -0.2) is 24.4 Å².